The molecule has 0 aliphatic heterocycles. The Morgan fingerprint density at radius 3 is 2.67 bits per heavy atom. The van der Waals surface area contributed by atoms with E-state index in [-0.39, 0.29) is 4.90 Å². The maximum absolute atomic E-state index is 11.3. The van der Waals surface area contributed by atoms with Crippen molar-refractivity contribution in [1.29, 1.82) is 0 Å². The zero-order valence-electron chi connectivity index (χ0n) is 9.32. The molecular weight excluding hydrogens is 250 g/mol. The number of aromatic nitrogens is 1. The second-order valence-corrected chi connectivity index (χ2v) is 5.43. The van der Waals surface area contributed by atoms with Crippen LogP contribution in [0.1, 0.15) is 0 Å². The second-order valence-electron chi connectivity index (χ2n) is 4.04. The van der Waals surface area contributed by atoms with E-state index in [1.54, 1.807) is 12.1 Å². The van der Waals surface area contributed by atoms with E-state index in [0.29, 0.717) is 5.39 Å². The molecule has 0 unspecified atom stereocenters. The lowest BCUT2D eigenvalue weighted by atomic mass is 10.1. The third kappa shape index (κ3) is 1.73. The molecule has 0 atom stereocenters. The van der Waals surface area contributed by atoms with Gasteiger partial charge in [-0.2, -0.15) is 12.8 Å². The first-order valence-corrected chi connectivity index (χ1v) is 6.80. The molecule has 0 amide bonds. The van der Waals surface area contributed by atoms with Gasteiger partial charge >= 0.3 is 0 Å². The lowest BCUT2D eigenvalue weighted by Gasteiger charge is -2.02. The Bertz CT molecular complexity index is 856. The first kappa shape index (κ1) is 11.1. The Labute approximate surface area is 104 Å². The van der Waals surface area contributed by atoms with Gasteiger partial charge in [-0.1, -0.05) is 6.07 Å². The molecule has 18 heavy (non-hydrogen) atoms. The molecule has 0 radical (unpaired) electrons. The minimum absolute atomic E-state index is 0.0636. The van der Waals surface area contributed by atoms with Crippen LogP contribution in [0.15, 0.2) is 59.8 Å². The fraction of sp³-hybridized carbons (Fsp3) is 0. The number of fused-ring (bicyclic) bond motifs is 2. The van der Waals surface area contributed by atoms with E-state index in [9.17, 15) is 13.0 Å². The maximum Gasteiger partial charge on any atom is 0.295 e. The summed E-state index contributed by atoms with van der Waals surface area (Å²) in [5, 5.41) is 1.28. The number of rotatable bonds is 1. The van der Waals surface area contributed by atoms with Crippen molar-refractivity contribution in [3.63, 3.8) is 0 Å². The second kappa shape index (κ2) is 3.76. The van der Waals surface area contributed by atoms with Crippen molar-refractivity contribution in [2.24, 2.45) is 0 Å². The molecule has 0 aliphatic carbocycles. The molecule has 2 heterocycles. The molecular formula is C13H10NO3S+. The van der Waals surface area contributed by atoms with E-state index in [1.165, 1.54) is 6.07 Å². The summed E-state index contributed by atoms with van der Waals surface area (Å²) in [6, 6.07) is 12.2. The third-order valence-corrected chi connectivity index (χ3v) is 3.78. The Morgan fingerprint density at radius 1 is 1.06 bits per heavy atom. The van der Waals surface area contributed by atoms with E-state index in [2.05, 4.69) is 0 Å². The molecule has 3 aromatic rings. The molecule has 0 bridgehead atoms. The summed E-state index contributed by atoms with van der Waals surface area (Å²) < 4.78 is 33.8. The van der Waals surface area contributed by atoms with Crippen molar-refractivity contribution < 1.29 is 17.4 Å². The van der Waals surface area contributed by atoms with Gasteiger partial charge in [-0.05, 0) is 18.2 Å². The van der Waals surface area contributed by atoms with Crippen molar-refractivity contribution in [1.82, 2.24) is 0 Å². The normalized spacial score (nSPS) is 12.1. The lowest BCUT2D eigenvalue weighted by molar-refractivity contribution is -0.510. The summed E-state index contributed by atoms with van der Waals surface area (Å²) in [7, 11) is -4.21. The Morgan fingerprint density at radius 2 is 1.89 bits per heavy atom. The van der Waals surface area contributed by atoms with Crippen molar-refractivity contribution in [3.8, 4) is 0 Å². The zero-order chi connectivity index (χ0) is 12.8. The fourth-order valence-corrected chi connectivity index (χ4v) is 2.76. The van der Waals surface area contributed by atoms with Gasteiger partial charge in [0, 0.05) is 29.0 Å². The van der Waals surface area contributed by atoms with Crippen LogP contribution in [-0.4, -0.2) is 13.0 Å². The van der Waals surface area contributed by atoms with Gasteiger partial charge in [-0.3, -0.25) is 4.55 Å². The highest BCUT2D eigenvalue weighted by molar-refractivity contribution is 7.86. The SMILES string of the molecule is O=S(=O)(O)c1cccc2c[n+]3ccccc3cc12. The summed E-state index contributed by atoms with van der Waals surface area (Å²) in [4.78, 5) is -0.0636. The van der Waals surface area contributed by atoms with Gasteiger partial charge in [0.1, 0.15) is 4.90 Å². The molecule has 0 saturated heterocycles. The molecule has 4 nitrogen and oxygen atoms in total. The van der Waals surface area contributed by atoms with Crippen molar-refractivity contribution in [2.75, 3.05) is 0 Å². The standard InChI is InChI=1S/C13H9NO3S/c15-18(16,17)13-6-3-4-10-9-14-7-2-1-5-11(14)8-12(10)13/h1-9H/p+1. The average molecular weight is 260 g/mol. The van der Waals surface area contributed by atoms with E-state index in [0.717, 1.165) is 10.9 Å². The highest BCUT2D eigenvalue weighted by Crippen LogP contribution is 2.22. The maximum atomic E-state index is 11.3. The molecule has 0 aliphatic rings. The number of hydrogen-bond donors (Lipinski definition) is 1. The predicted octanol–water partition coefficient (Wildman–Crippen LogP) is 1.83. The largest absolute Gasteiger partial charge is 0.295 e. The number of hydrogen-bond acceptors (Lipinski definition) is 2. The van der Waals surface area contributed by atoms with Crippen LogP contribution in [0.4, 0.5) is 0 Å². The van der Waals surface area contributed by atoms with Crippen LogP contribution >= 0.6 is 0 Å². The van der Waals surface area contributed by atoms with Crippen molar-refractivity contribution >= 4 is 26.4 Å². The predicted molar refractivity (Wildman–Crippen MR) is 66.9 cm³/mol. The molecule has 0 fully saturated rings. The van der Waals surface area contributed by atoms with Crippen LogP contribution in [0.2, 0.25) is 0 Å². The fourth-order valence-electron chi connectivity index (χ4n) is 2.06. The molecule has 1 aromatic carbocycles. The van der Waals surface area contributed by atoms with Gasteiger partial charge in [0.25, 0.3) is 10.1 Å². The third-order valence-electron chi connectivity index (χ3n) is 2.87. The molecule has 0 saturated carbocycles. The highest BCUT2D eigenvalue weighted by Gasteiger charge is 2.16. The van der Waals surface area contributed by atoms with Crippen LogP contribution in [0, 0.1) is 0 Å². The zero-order valence-corrected chi connectivity index (χ0v) is 10.1. The topological polar surface area (TPSA) is 58.5 Å². The van der Waals surface area contributed by atoms with Crippen LogP contribution in [0.25, 0.3) is 16.3 Å². The van der Waals surface area contributed by atoms with Gasteiger partial charge < -0.3 is 0 Å². The van der Waals surface area contributed by atoms with Gasteiger partial charge in [-0.25, -0.2) is 0 Å². The van der Waals surface area contributed by atoms with Crippen molar-refractivity contribution in [2.45, 2.75) is 4.90 Å². The summed E-state index contributed by atoms with van der Waals surface area (Å²) in [5.74, 6) is 0. The van der Waals surface area contributed by atoms with Gasteiger partial charge in [-0.15, -0.1) is 0 Å². The molecule has 1 N–H and O–H groups in total. The number of pyridine rings is 2. The van der Waals surface area contributed by atoms with Crippen LogP contribution in [-0.2, 0) is 10.1 Å². The van der Waals surface area contributed by atoms with E-state index >= 15 is 0 Å². The molecule has 90 valence electrons. The molecule has 5 heteroatoms. The first-order valence-electron chi connectivity index (χ1n) is 5.36. The molecule has 3 rings (SSSR count). The molecule has 2 aromatic heterocycles. The van der Waals surface area contributed by atoms with Gasteiger partial charge in [0.2, 0.25) is 5.52 Å². The monoisotopic (exact) mass is 260 g/mol. The van der Waals surface area contributed by atoms with Gasteiger partial charge in [0.05, 0.1) is 0 Å². The van der Waals surface area contributed by atoms with E-state index in [1.807, 2.05) is 41.1 Å². The van der Waals surface area contributed by atoms with Crippen LogP contribution in [0.5, 0.6) is 0 Å². The first-order chi connectivity index (χ1) is 8.55. The summed E-state index contributed by atoms with van der Waals surface area (Å²) in [5.41, 5.74) is 0.862. The Kier molecular flexibility index (Phi) is 2.33. The van der Waals surface area contributed by atoms with Crippen LogP contribution < -0.4 is 4.40 Å². The van der Waals surface area contributed by atoms with Gasteiger partial charge in [0.15, 0.2) is 12.4 Å². The van der Waals surface area contributed by atoms with Crippen molar-refractivity contribution in [3.05, 3.63) is 54.9 Å². The van der Waals surface area contributed by atoms with Crippen LogP contribution in [0.3, 0.4) is 0 Å². The summed E-state index contributed by atoms with van der Waals surface area (Å²) in [6.07, 6.45) is 3.72. The smallest absolute Gasteiger partial charge is 0.282 e. The summed E-state index contributed by atoms with van der Waals surface area (Å²) in [6.45, 7) is 0. The van der Waals surface area contributed by atoms with E-state index < -0.39 is 10.1 Å². The minimum atomic E-state index is -4.21. The quantitative estimate of drug-likeness (QED) is 0.412. The average Bonchev–Trinajstić information content (AvgIpc) is 2.34. The Hall–Kier alpha value is -1.98. The minimum Gasteiger partial charge on any atom is -0.282 e. The summed E-state index contributed by atoms with van der Waals surface area (Å²) >= 11 is 0. The number of benzene rings is 1. The molecule has 0 spiro atoms. The number of nitrogens with zero attached hydrogens (tertiary/aromatic N) is 1. The van der Waals surface area contributed by atoms with E-state index in [4.69, 9.17) is 0 Å². The lowest BCUT2D eigenvalue weighted by Crippen LogP contribution is -2.20. The Balaban J connectivity index is 2.51. The highest BCUT2D eigenvalue weighted by atomic mass is 32.2.